The lowest BCUT2D eigenvalue weighted by molar-refractivity contribution is -0.166. The maximum Gasteiger partial charge on any atom is 0.410 e. The first-order valence-electron chi connectivity index (χ1n) is 5.14. The second kappa shape index (κ2) is 4.29. The molecule has 0 aliphatic carbocycles. The number of esters is 1. The lowest BCUT2D eigenvalue weighted by atomic mass is 10.0. The van der Waals surface area contributed by atoms with Gasteiger partial charge < -0.3 is 20.1 Å². The van der Waals surface area contributed by atoms with Crippen molar-refractivity contribution >= 4 is 12.1 Å². The molecular weight excluding hydrogens is 212 g/mol. The topological polar surface area (TPSA) is 81.9 Å². The van der Waals surface area contributed by atoms with Gasteiger partial charge in [0.05, 0.1) is 6.54 Å². The number of carbonyl (C=O) groups excluding carboxylic acids is 2. The molecule has 1 unspecified atom stereocenters. The van der Waals surface area contributed by atoms with Crippen LogP contribution in [0.25, 0.3) is 0 Å². The van der Waals surface area contributed by atoms with E-state index in [4.69, 9.17) is 15.2 Å². The van der Waals surface area contributed by atoms with E-state index in [-0.39, 0.29) is 0 Å². The van der Waals surface area contributed by atoms with Gasteiger partial charge in [0.1, 0.15) is 11.6 Å². The van der Waals surface area contributed by atoms with Crippen molar-refractivity contribution in [3.63, 3.8) is 0 Å². The summed E-state index contributed by atoms with van der Waals surface area (Å²) in [6.07, 6.45) is -0.873. The molecule has 0 aromatic heterocycles. The zero-order valence-corrected chi connectivity index (χ0v) is 10.0. The van der Waals surface area contributed by atoms with Crippen LogP contribution in [0, 0.1) is 0 Å². The third-order valence-electron chi connectivity index (χ3n) is 2.51. The Morgan fingerprint density at radius 3 is 2.62 bits per heavy atom. The Labute approximate surface area is 94.7 Å². The molecule has 2 atom stereocenters. The Morgan fingerprint density at radius 1 is 1.69 bits per heavy atom. The lowest BCUT2D eigenvalue weighted by Crippen LogP contribution is -2.46. The number of amides is 1. The molecule has 1 amide bonds. The first kappa shape index (κ1) is 12.8. The number of nitrogens with two attached hydrogens (primary N) is 1. The van der Waals surface area contributed by atoms with Crippen molar-refractivity contribution in [2.75, 3.05) is 13.6 Å². The molecule has 2 N–H and O–H groups in total. The summed E-state index contributed by atoms with van der Waals surface area (Å²) in [5, 5.41) is 0. The second-order valence-electron chi connectivity index (χ2n) is 4.57. The molecule has 1 fully saturated rings. The number of likely N-dealkylation sites (N-methyl/N-ethyl adjacent to an activating group) is 1. The molecule has 1 heterocycles. The number of hydrogen-bond donors (Lipinski definition) is 1. The fourth-order valence-corrected chi connectivity index (χ4v) is 1.35. The number of cyclic esters (lactones) is 1. The van der Waals surface area contributed by atoms with Gasteiger partial charge in [-0.1, -0.05) is 0 Å². The molecule has 1 saturated heterocycles. The van der Waals surface area contributed by atoms with E-state index in [1.807, 2.05) is 0 Å². The summed E-state index contributed by atoms with van der Waals surface area (Å²) in [6, 6.07) is -0.686. The highest BCUT2D eigenvalue weighted by atomic mass is 16.6. The SMILES string of the molecule is C[C@H](N)C(=O)OC(C)(C)C1CN(C)C(=O)O1. The second-order valence-corrected chi connectivity index (χ2v) is 4.57. The van der Waals surface area contributed by atoms with Crippen molar-refractivity contribution < 1.29 is 19.1 Å². The molecule has 92 valence electrons. The van der Waals surface area contributed by atoms with Crippen LogP contribution in [0.3, 0.4) is 0 Å². The predicted octanol–water partition coefficient (Wildman–Crippen LogP) is 0.106. The van der Waals surface area contributed by atoms with Crippen LogP contribution in [0.5, 0.6) is 0 Å². The van der Waals surface area contributed by atoms with Crippen LogP contribution < -0.4 is 5.73 Å². The first-order valence-corrected chi connectivity index (χ1v) is 5.14. The van der Waals surface area contributed by atoms with Crippen molar-refractivity contribution in [1.82, 2.24) is 4.90 Å². The number of carbonyl (C=O) groups is 2. The third-order valence-corrected chi connectivity index (χ3v) is 2.51. The van der Waals surface area contributed by atoms with Crippen LogP contribution in [0.15, 0.2) is 0 Å². The van der Waals surface area contributed by atoms with Crippen molar-refractivity contribution in [2.24, 2.45) is 5.73 Å². The van der Waals surface area contributed by atoms with E-state index >= 15 is 0 Å². The van der Waals surface area contributed by atoms with E-state index in [9.17, 15) is 9.59 Å². The van der Waals surface area contributed by atoms with Gasteiger partial charge in [0.25, 0.3) is 0 Å². The minimum Gasteiger partial charge on any atom is -0.454 e. The van der Waals surface area contributed by atoms with Crippen molar-refractivity contribution in [3.8, 4) is 0 Å². The summed E-state index contributed by atoms with van der Waals surface area (Å²) in [7, 11) is 1.63. The van der Waals surface area contributed by atoms with Gasteiger partial charge in [-0.2, -0.15) is 0 Å². The molecule has 1 rings (SSSR count). The Hall–Kier alpha value is -1.30. The van der Waals surface area contributed by atoms with Gasteiger partial charge in [-0.05, 0) is 20.8 Å². The zero-order chi connectivity index (χ0) is 12.5. The van der Waals surface area contributed by atoms with E-state index in [2.05, 4.69) is 0 Å². The van der Waals surface area contributed by atoms with Crippen LogP contribution in [0.4, 0.5) is 4.79 Å². The van der Waals surface area contributed by atoms with Crippen LogP contribution in [0.1, 0.15) is 20.8 Å². The Kier molecular flexibility index (Phi) is 3.42. The van der Waals surface area contributed by atoms with E-state index in [1.54, 1.807) is 27.8 Å². The average molecular weight is 230 g/mol. The Morgan fingerprint density at radius 2 is 2.25 bits per heavy atom. The molecular formula is C10H18N2O4. The number of nitrogens with zero attached hydrogens (tertiary/aromatic N) is 1. The zero-order valence-electron chi connectivity index (χ0n) is 10.0. The summed E-state index contributed by atoms with van der Waals surface area (Å²) in [5.41, 5.74) is 4.53. The summed E-state index contributed by atoms with van der Waals surface area (Å²) in [5.74, 6) is -0.504. The van der Waals surface area contributed by atoms with Crippen molar-refractivity contribution in [2.45, 2.75) is 38.5 Å². The smallest absolute Gasteiger partial charge is 0.410 e. The summed E-state index contributed by atoms with van der Waals surface area (Å²) >= 11 is 0. The van der Waals surface area contributed by atoms with Crippen molar-refractivity contribution in [1.29, 1.82) is 0 Å². The summed E-state index contributed by atoms with van der Waals surface area (Å²) in [4.78, 5) is 24.0. The predicted molar refractivity (Wildman–Crippen MR) is 56.7 cm³/mol. The fraction of sp³-hybridized carbons (Fsp3) is 0.800. The molecule has 0 bridgehead atoms. The van der Waals surface area contributed by atoms with Gasteiger partial charge in [0, 0.05) is 7.05 Å². The Balaban J connectivity index is 2.64. The standard InChI is InChI=1S/C10H18N2O4/c1-6(11)8(13)16-10(2,3)7-5-12(4)9(14)15-7/h6-7H,5,11H2,1-4H3/t6-,7?/m0/s1. The van der Waals surface area contributed by atoms with Gasteiger partial charge in [-0.3, -0.25) is 4.79 Å². The highest BCUT2D eigenvalue weighted by molar-refractivity contribution is 5.75. The van der Waals surface area contributed by atoms with Gasteiger partial charge >= 0.3 is 12.1 Å². The van der Waals surface area contributed by atoms with Gasteiger partial charge in [-0.25, -0.2) is 4.79 Å². The van der Waals surface area contributed by atoms with Crippen LogP contribution in [-0.4, -0.2) is 48.3 Å². The highest BCUT2D eigenvalue weighted by Crippen LogP contribution is 2.24. The average Bonchev–Trinajstić information content (AvgIpc) is 2.47. The molecule has 6 heteroatoms. The number of hydrogen-bond acceptors (Lipinski definition) is 5. The molecule has 0 radical (unpaired) electrons. The van der Waals surface area contributed by atoms with Gasteiger partial charge in [-0.15, -0.1) is 0 Å². The van der Waals surface area contributed by atoms with E-state index in [0.29, 0.717) is 6.54 Å². The van der Waals surface area contributed by atoms with Crippen LogP contribution >= 0.6 is 0 Å². The monoisotopic (exact) mass is 230 g/mol. The van der Waals surface area contributed by atoms with Gasteiger partial charge in [0.15, 0.2) is 6.10 Å². The van der Waals surface area contributed by atoms with Gasteiger partial charge in [0.2, 0.25) is 0 Å². The molecule has 1 aliphatic rings. The molecule has 0 aromatic rings. The summed E-state index contributed by atoms with van der Waals surface area (Å²) < 4.78 is 10.3. The quantitative estimate of drug-likeness (QED) is 0.696. The maximum atomic E-state index is 11.4. The largest absolute Gasteiger partial charge is 0.454 e. The molecule has 0 aromatic carbocycles. The fourth-order valence-electron chi connectivity index (χ4n) is 1.35. The van der Waals surface area contributed by atoms with E-state index in [0.717, 1.165) is 0 Å². The van der Waals surface area contributed by atoms with Crippen LogP contribution in [-0.2, 0) is 14.3 Å². The highest BCUT2D eigenvalue weighted by Gasteiger charge is 2.42. The molecule has 1 aliphatic heterocycles. The maximum absolute atomic E-state index is 11.4. The lowest BCUT2D eigenvalue weighted by Gasteiger charge is -2.30. The number of rotatable bonds is 3. The minimum absolute atomic E-state index is 0.401. The molecule has 16 heavy (non-hydrogen) atoms. The van der Waals surface area contributed by atoms with Crippen molar-refractivity contribution in [3.05, 3.63) is 0 Å². The van der Waals surface area contributed by atoms with E-state index in [1.165, 1.54) is 4.90 Å². The Bertz CT molecular complexity index is 301. The normalized spacial score (nSPS) is 22.9. The van der Waals surface area contributed by atoms with Crippen LogP contribution in [0.2, 0.25) is 0 Å². The molecule has 6 nitrogen and oxygen atoms in total. The summed E-state index contributed by atoms with van der Waals surface area (Å²) in [6.45, 7) is 5.35. The molecule has 0 saturated carbocycles. The third kappa shape index (κ3) is 2.63. The first-order chi connectivity index (χ1) is 7.24. The molecule has 0 spiro atoms. The minimum atomic E-state index is -0.870. The van der Waals surface area contributed by atoms with E-state index < -0.39 is 29.8 Å². The number of ether oxygens (including phenoxy) is 2.